The van der Waals surface area contributed by atoms with Crippen molar-refractivity contribution in [1.82, 2.24) is 10.6 Å². The second-order valence-corrected chi connectivity index (χ2v) is 5.42. The molecule has 1 fully saturated rings. The molecule has 19 heavy (non-hydrogen) atoms. The first-order chi connectivity index (χ1) is 9.08. The molecule has 1 heterocycles. The van der Waals surface area contributed by atoms with Crippen LogP contribution in [0.2, 0.25) is 5.02 Å². The van der Waals surface area contributed by atoms with E-state index in [0.29, 0.717) is 12.5 Å². The Morgan fingerprint density at radius 2 is 2.37 bits per heavy atom. The SMILES string of the molecule is CC1CCCNC1C(=O)NCc1ccc(F)c(Cl)c1. The fourth-order valence-electron chi connectivity index (χ4n) is 2.35. The number of rotatable bonds is 3. The molecule has 1 aliphatic heterocycles. The van der Waals surface area contributed by atoms with Gasteiger partial charge >= 0.3 is 0 Å². The third-order valence-electron chi connectivity index (χ3n) is 3.50. The van der Waals surface area contributed by atoms with Crippen molar-refractivity contribution in [2.24, 2.45) is 5.92 Å². The fourth-order valence-corrected chi connectivity index (χ4v) is 2.55. The summed E-state index contributed by atoms with van der Waals surface area (Å²) in [6, 6.07) is 4.34. The second-order valence-electron chi connectivity index (χ2n) is 5.02. The molecule has 1 amide bonds. The average molecular weight is 285 g/mol. The predicted molar refractivity (Wildman–Crippen MR) is 73.4 cm³/mol. The van der Waals surface area contributed by atoms with Crippen molar-refractivity contribution in [3.63, 3.8) is 0 Å². The number of carbonyl (C=O) groups is 1. The normalized spacial score (nSPS) is 23.1. The standard InChI is InChI=1S/C14H18ClFN2O/c1-9-3-2-6-17-13(9)14(19)18-8-10-4-5-12(16)11(15)7-10/h4-5,7,9,13,17H,2-3,6,8H2,1H3,(H,18,19). The van der Waals surface area contributed by atoms with Gasteiger partial charge in [0.1, 0.15) is 5.82 Å². The van der Waals surface area contributed by atoms with E-state index in [-0.39, 0.29) is 17.0 Å². The van der Waals surface area contributed by atoms with Crippen molar-refractivity contribution in [3.05, 3.63) is 34.6 Å². The zero-order chi connectivity index (χ0) is 13.8. The van der Waals surface area contributed by atoms with Gasteiger partial charge in [-0.25, -0.2) is 4.39 Å². The van der Waals surface area contributed by atoms with Crippen LogP contribution in [0.5, 0.6) is 0 Å². The zero-order valence-electron chi connectivity index (χ0n) is 10.9. The molecule has 1 saturated heterocycles. The van der Waals surface area contributed by atoms with Crippen molar-refractivity contribution in [2.45, 2.75) is 32.4 Å². The number of benzene rings is 1. The molecule has 0 saturated carbocycles. The Morgan fingerprint density at radius 3 is 3.05 bits per heavy atom. The molecule has 1 aliphatic rings. The highest BCUT2D eigenvalue weighted by Crippen LogP contribution is 2.17. The molecule has 0 aliphatic carbocycles. The monoisotopic (exact) mass is 284 g/mol. The molecule has 104 valence electrons. The summed E-state index contributed by atoms with van der Waals surface area (Å²) >= 11 is 5.70. The van der Waals surface area contributed by atoms with E-state index >= 15 is 0 Å². The summed E-state index contributed by atoms with van der Waals surface area (Å²) in [4.78, 5) is 12.1. The van der Waals surface area contributed by atoms with Gasteiger partial charge in [-0.3, -0.25) is 4.79 Å². The van der Waals surface area contributed by atoms with Gasteiger partial charge < -0.3 is 10.6 Å². The van der Waals surface area contributed by atoms with Crippen LogP contribution in [0.3, 0.4) is 0 Å². The van der Waals surface area contributed by atoms with E-state index in [4.69, 9.17) is 11.6 Å². The molecule has 1 aromatic carbocycles. The summed E-state index contributed by atoms with van der Waals surface area (Å²) < 4.78 is 13.0. The largest absolute Gasteiger partial charge is 0.351 e. The predicted octanol–water partition coefficient (Wildman–Crippen LogP) is 2.48. The molecule has 2 rings (SSSR count). The van der Waals surface area contributed by atoms with Crippen LogP contribution < -0.4 is 10.6 Å². The van der Waals surface area contributed by atoms with E-state index in [9.17, 15) is 9.18 Å². The van der Waals surface area contributed by atoms with Gasteiger partial charge in [0.15, 0.2) is 0 Å². The minimum Gasteiger partial charge on any atom is -0.351 e. The molecule has 5 heteroatoms. The lowest BCUT2D eigenvalue weighted by atomic mass is 9.92. The van der Waals surface area contributed by atoms with E-state index in [1.807, 2.05) is 0 Å². The van der Waals surface area contributed by atoms with Crippen molar-refractivity contribution < 1.29 is 9.18 Å². The summed E-state index contributed by atoms with van der Waals surface area (Å²) in [5, 5.41) is 6.17. The molecular weight excluding hydrogens is 267 g/mol. The van der Waals surface area contributed by atoms with Gasteiger partial charge in [-0.15, -0.1) is 0 Å². The van der Waals surface area contributed by atoms with Gasteiger partial charge in [-0.05, 0) is 43.0 Å². The molecule has 2 N–H and O–H groups in total. The van der Waals surface area contributed by atoms with E-state index in [1.54, 1.807) is 6.07 Å². The van der Waals surface area contributed by atoms with Gasteiger partial charge in [-0.2, -0.15) is 0 Å². The molecule has 0 radical (unpaired) electrons. The van der Waals surface area contributed by atoms with Crippen LogP contribution >= 0.6 is 11.6 Å². The molecule has 3 nitrogen and oxygen atoms in total. The Morgan fingerprint density at radius 1 is 1.58 bits per heavy atom. The molecule has 0 spiro atoms. The van der Waals surface area contributed by atoms with Crippen LogP contribution in [0, 0.1) is 11.7 Å². The van der Waals surface area contributed by atoms with Gasteiger partial charge in [-0.1, -0.05) is 24.6 Å². The van der Waals surface area contributed by atoms with Crippen molar-refractivity contribution in [2.75, 3.05) is 6.54 Å². The first kappa shape index (κ1) is 14.3. The third kappa shape index (κ3) is 3.67. The molecular formula is C14H18ClFN2O. The Balaban J connectivity index is 1.90. The molecule has 0 bridgehead atoms. The van der Waals surface area contributed by atoms with Crippen LogP contribution in [0.25, 0.3) is 0 Å². The van der Waals surface area contributed by atoms with Crippen LogP contribution in [0.1, 0.15) is 25.3 Å². The Bertz CT molecular complexity index is 467. The third-order valence-corrected chi connectivity index (χ3v) is 3.79. The van der Waals surface area contributed by atoms with Crippen molar-refractivity contribution in [1.29, 1.82) is 0 Å². The quantitative estimate of drug-likeness (QED) is 0.895. The lowest BCUT2D eigenvalue weighted by Crippen LogP contribution is -2.50. The Labute approximate surface area is 117 Å². The highest BCUT2D eigenvalue weighted by molar-refractivity contribution is 6.30. The lowest BCUT2D eigenvalue weighted by Gasteiger charge is -2.28. The van der Waals surface area contributed by atoms with E-state index in [1.165, 1.54) is 12.1 Å². The molecule has 2 unspecified atom stereocenters. The van der Waals surface area contributed by atoms with Crippen molar-refractivity contribution in [3.8, 4) is 0 Å². The number of hydrogen-bond acceptors (Lipinski definition) is 2. The van der Waals surface area contributed by atoms with Gasteiger partial charge in [0.05, 0.1) is 11.1 Å². The number of carbonyl (C=O) groups excluding carboxylic acids is 1. The minimum absolute atomic E-state index is 0.00681. The number of halogens is 2. The molecule has 1 aromatic rings. The topological polar surface area (TPSA) is 41.1 Å². The van der Waals surface area contributed by atoms with E-state index in [2.05, 4.69) is 17.6 Å². The molecule has 2 atom stereocenters. The summed E-state index contributed by atoms with van der Waals surface area (Å²) in [5.74, 6) is -0.113. The number of nitrogens with one attached hydrogen (secondary N) is 2. The average Bonchev–Trinajstić information content (AvgIpc) is 2.40. The van der Waals surface area contributed by atoms with Crippen LogP contribution in [-0.2, 0) is 11.3 Å². The summed E-state index contributed by atoms with van der Waals surface area (Å²) in [6.07, 6.45) is 2.17. The zero-order valence-corrected chi connectivity index (χ0v) is 11.6. The van der Waals surface area contributed by atoms with Gasteiger partial charge in [0.25, 0.3) is 0 Å². The number of piperidine rings is 1. The summed E-state index contributed by atoms with van der Waals surface area (Å²) in [6.45, 7) is 3.32. The minimum atomic E-state index is -0.445. The summed E-state index contributed by atoms with van der Waals surface area (Å²) in [7, 11) is 0. The van der Waals surface area contributed by atoms with Crippen molar-refractivity contribution >= 4 is 17.5 Å². The first-order valence-corrected chi connectivity index (χ1v) is 6.91. The Kier molecular flexibility index (Phi) is 4.77. The van der Waals surface area contributed by atoms with Gasteiger partial charge in [0, 0.05) is 6.54 Å². The van der Waals surface area contributed by atoms with Crippen LogP contribution in [0.15, 0.2) is 18.2 Å². The highest BCUT2D eigenvalue weighted by Gasteiger charge is 2.26. The van der Waals surface area contributed by atoms with Crippen LogP contribution in [-0.4, -0.2) is 18.5 Å². The highest BCUT2D eigenvalue weighted by atomic mass is 35.5. The maximum Gasteiger partial charge on any atom is 0.237 e. The van der Waals surface area contributed by atoms with E-state index in [0.717, 1.165) is 24.9 Å². The maximum atomic E-state index is 13.0. The number of amides is 1. The molecule has 0 aromatic heterocycles. The number of hydrogen-bond donors (Lipinski definition) is 2. The maximum absolute atomic E-state index is 13.0. The Hall–Kier alpha value is -1.13. The lowest BCUT2D eigenvalue weighted by molar-refractivity contribution is -0.125. The fraction of sp³-hybridized carbons (Fsp3) is 0.500. The smallest absolute Gasteiger partial charge is 0.237 e. The van der Waals surface area contributed by atoms with E-state index < -0.39 is 5.82 Å². The summed E-state index contributed by atoms with van der Waals surface area (Å²) in [5.41, 5.74) is 0.795. The van der Waals surface area contributed by atoms with Gasteiger partial charge in [0.2, 0.25) is 5.91 Å². The second kappa shape index (κ2) is 6.35. The first-order valence-electron chi connectivity index (χ1n) is 6.53. The van der Waals surface area contributed by atoms with Crippen LogP contribution in [0.4, 0.5) is 4.39 Å².